The molecule has 0 N–H and O–H groups in total. The van der Waals surface area contributed by atoms with E-state index in [0.29, 0.717) is 6.29 Å². The molecule has 0 bridgehead atoms. The molecule has 47 heavy (non-hydrogen) atoms. The van der Waals surface area contributed by atoms with Crippen molar-refractivity contribution in [1.82, 2.24) is 0 Å². The first-order chi connectivity index (χ1) is 22.0. The van der Waals surface area contributed by atoms with Crippen LogP contribution in [0.1, 0.15) is 48.5 Å². The molecular weight excluding hydrogens is 640 g/mol. The standard InChI is InChI=1S/C28H38O19/c1-12(30)38-10-19-21(40-14(3)32)23(41-15(4)33)26(44-18(7)36)28(46-19)47-22-20(11-39-13(2)31)45-27(37-9-8-29)25(43-17(6)35)24(22)42-16(5)34/h8,19-28H,9-11H2,1-7H3/t19?,20?,21-,22-,23?,24?,25-,26-,27?,28-/m1/s1. The maximum Gasteiger partial charge on any atom is 0.303 e. The van der Waals surface area contributed by atoms with Crippen LogP contribution < -0.4 is 0 Å². The van der Waals surface area contributed by atoms with Crippen LogP contribution in [0.4, 0.5) is 0 Å². The lowest BCUT2D eigenvalue weighted by molar-refractivity contribution is -0.360. The van der Waals surface area contributed by atoms with Gasteiger partial charge in [-0.25, -0.2) is 0 Å². The molecule has 0 spiro atoms. The number of esters is 7. The molecule has 0 aromatic rings. The summed E-state index contributed by atoms with van der Waals surface area (Å²) >= 11 is 0. The average Bonchev–Trinajstić information content (AvgIpc) is 2.94. The van der Waals surface area contributed by atoms with E-state index in [1.54, 1.807) is 0 Å². The fraction of sp³-hybridized carbons (Fsp3) is 0.714. The Labute approximate surface area is 268 Å². The molecule has 0 aromatic heterocycles. The zero-order chi connectivity index (χ0) is 35.4. The van der Waals surface area contributed by atoms with Crippen LogP contribution in [0, 0.1) is 0 Å². The zero-order valence-corrected chi connectivity index (χ0v) is 26.7. The van der Waals surface area contributed by atoms with E-state index in [0.717, 1.165) is 48.5 Å². The number of rotatable bonds is 14. The van der Waals surface area contributed by atoms with Gasteiger partial charge in [0.05, 0.1) is 0 Å². The number of ether oxygens (including phenoxy) is 11. The Morgan fingerprint density at radius 2 is 0.851 bits per heavy atom. The monoisotopic (exact) mass is 678 g/mol. The smallest absolute Gasteiger partial charge is 0.303 e. The van der Waals surface area contributed by atoms with Gasteiger partial charge < -0.3 is 56.9 Å². The molecule has 2 heterocycles. The van der Waals surface area contributed by atoms with Gasteiger partial charge in [-0.3, -0.25) is 33.6 Å². The Kier molecular flexibility index (Phi) is 15.1. The maximum atomic E-state index is 12.3. The Morgan fingerprint density at radius 1 is 0.489 bits per heavy atom. The summed E-state index contributed by atoms with van der Waals surface area (Å²) in [5.74, 6) is -6.04. The first-order valence-corrected chi connectivity index (χ1v) is 14.2. The van der Waals surface area contributed by atoms with Crippen LogP contribution in [-0.4, -0.2) is 129 Å². The second kappa shape index (κ2) is 18.2. The Morgan fingerprint density at radius 3 is 1.28 bits per heavy atom. The molecule has 2 saturated heterocycles. The number of carbonyl (C=O) groups is 8. The summed E-state index contributed by atoms with van der Waals surface area (Å²) in [6.45, 7) is 5.57. The molecule has 0 aliphatic carbocycles. The number of hydrogen-bond donors (Lipinski definition) is 0. The van der Waals surface area contributed by atoms with Crippen molar-refractivity contribution < 1.29 is 90.5 Å². The van der Waals surface area contributed by atoms with E-state index in [2.05, 4.69) is 0 Å². The SMILES string of the molecule is CC(=O)OCC1OC(OCC=O)[C@H](OC(C)=O)C(OC(C)=O)[C@@H]1O[C@H]1OC(COC(C)=O)[C@@H](OC(C)=O)C(OC(C)=O)[C@H]1OC(C)=O. The van der Waals surface area contributed by atoms with Crippen molar-refractivity contribution >= 4 is 48.1 Å². The summed E-state index contributed by atoms with van der Waals surface area (Å²) in [5.41, 5.74) is 0. The number of aldehydes is 1. The van der Waals surface area contributed by atoms with Gasteiger partial charge in [-0.2, -0.15) is 0 Å². The van der Waals surface area contributed by atoms with Gasteiger partial charge in [-0.1, -0.05) is 0 Å². The molecule has 0 amide bonds. The van der Waals surface area contributed by atoms with Crippen LogP contribution in [0.2, 0.25) is 0 Å². The van der Waals surface area contributed by atoms with Gasteiger partial charge in [0.25, 0.3) is 0 Å². The second-order valence-electron chi connectivity index (χ2n) is 10.2. The molecule has 19 heteroatoms. The summed E-state index contributed by atoms with van der Waals surface area (Å²) < 4.78 is 60.6. The van der Waals surface area contributed by atoms with E-state index in [1.165, 1.54) is 0 Å². The first-order valence-electron chi connectivity index (χ1n) is 14.2. The third kappa shape index (κ3) is 12.2. The summed E-state index contributed by atoms with van der Waals surface area (Å²) in [7, 11) is 0. The van der Waals surface area contributed by atoms with Crippen molar-refractivity contribution in [1.29, 1.82) is 0 Å². The predicted molar refractivity (Wildman–Crippen MR) is 145 cm³/mol. The summed E-state index contributed by atoms with van der Waals surface area (Å²) in [6.07, 6.45) is -15.5. The van der Waals surface area contributed by atoms with Gasteiger partial charge in [-0.05, 0) is 0 Å². The van der Waals surface area contributed by atoms with Crippen molar-refractivity contribution in [3.8, 4) is 0 Å². The molecule has 2 rings (SSSR count). The highest BCUT2D eigenvalue weighted by Gasteiger charge is 2.57. The molecule has 5 unspecified atom stereocenters. The minimum atomic E-state index is -1.81. The van der Waals surface area contributed by atoms with Crippen LogP contribution in [-0.2, 0) is 90.5 Å². The molecule has 264 valence electrons. The third-order valence-electron chi connectivity index (χ3n) is 6.21. The van der Waals surface area contributed by atoms with E-state index in [4.69, 9.17) is 52.1 Å². The summed E-state index contributed by atoms with van der Waals surface area (Å²) in [6, 6.07) is 0. The van der Waals surface area contributed by atoms with Gasteiger partial charge >= 0.3 is 41.8 Å². The third-order valence-corrected chi connectivity index (χ3v) is 6.21. The van der Waals surface area contributed by atoms with Crippen LogP contribution >= 0.6 is 0 Å². The Bertz CT molecular complexity index is 1170. The van der Waals surface area contributed by atoms with Gasteiger partial charge in [0.1, 0.15) is 44.4 Å². The van der Waals surface area contributed by atoms with Crippen molar-refractivity contribution in [2.45, 2.75) is 110 Å². The van der Waals surface area contributed by atoms with E-state index in [1.807, 2.05) is 0 Å². The Hall–Kier alpha value is -4.20. The largest absolute Gasteiger partial charge is 0.463 e. The van der Waals surface area contributed by atoms with Crippen molar-refractivity contribution in [3.05, 3.63) is 0 Å². The highest BCUT2D eigenvalue weighted by Crippen LogP contribution is 2.35. The minimum Gasteiger partial charge on any atom is -0.463 e. The molecule has 2 fully saturated rings. The molecule has 10 atom stereocenters. The second-order valence-corrected chi connectivity index (χ2v) is 10.2. The van der Waals surface area contributed by atoms with Crippen molar-refractivity contribution in [2.75, 3.05) is 19.8 Å². The fourth-order valence-corrected chi connectivity index (χ4v) is 4.74. The van der Waals surface area contributed by atoms with Gasteiger partial charge in [0, 0.05) is 48.5 Å². The van der Waals surface area contributed by atoms with E-state index >= 15 is 0 Å². The van der Waals surface area contributed by atoms with E-state index < -0.39 is 123 Å². The zero-order valence-electron chi connectivity index (χ0n) is 26.7. The summed E-state index contributed by atoms with van der Waals surface area (Å²) in [5, 5.41) is 0. The molecule has 2 aliphatic heterocycles. The maximum absolute atomic E-state index is 12.3. The number of hydrogen-bond acceptors (Lipinski definition) is 19. The van der Waals surface area contributed by atoms with Crippen LogP contribution in [0.5, 0.6) is 0 Å². The molecule has 0 radical (unpaired) electrons. The molecule has 0 saturated carbocycles. The normalized spacial score (nSPS) is 30.1. The minimum absolute atomic E-state index is 0.371. The lowest BCUT2D eigenvalue weighted by Gasteiger charge is -2.48. The number of carbonyl (C=O) groups excluding carboxylic acids is 8. The van der Waals surface area contributed by atoms with Crippen molar-refractivity contribution in [3.63, 3.8) is 0 Å². The van der Waals surface area contributed by atoms with Gasteiger partial charge in [0.15, 0.2) is 43.1 Å². The van der Waals surface area contributed by atoms with E-state index in [9.17, 15) is 38.4 Å². The first kappa shape index (κ1) is 39.0. The van der Waals surface area contributed by atoms with Crippen molar-refractivity contribution in [2.24, 2.45) is 0 Å². The summed E-state index contributed by atoms with van der Waals surface area (Å²) in [4.78, 5) is 95.5. The van der Waals surface area contributed by atoms with Crippen LogP contribution in [0.25, 0.3) is 0 Å². The highest BCUT2D eigenvalue weighted by atomic mass is 16.8. The molecule has 19 nitrogen and oxygen atoms in total. The molecule has 0 aromatic carbocycles. The predicted octanol–water partition coefficient (Wildman–Crippen LogP) is -1.18. The lowest BCUT2D eigenvalue weighted by atomic mass is 9.96. The van der Waals surface area contributed by atoms with Crippen LogP contribution in [0.3, 0.4) is 0 Å². The fourth-order valence-electron chi connectivity index (χ4n) is 4.74. The quantitative estimate of drug-likeness (QED) is 0.119. The molecular formula is C28H38O19. The van der Waals surface area contributed by atoms with Crippen LogP contribution in [0.15, 0.2) is 0 Å². The Balaban J connectivity index is 2.72. The van der Waals surface area contributed by atoms with E-state index in [-0.39, 0.29) is 0 Å². The molecule has 2 aliphatic rings. The highest BCUT2D eigenvalue weighted by molar-refractivity contribution is 5.69. The van der Waals surface area contributed by atoms with Gasteiger partial charge in [-0.15, -0.1) is 0 Å². The van der Waals surface area contributed by atoms with Gasteiger partial charge in [0.2, 0.25) is 0 Å². The average molecular weight is 679 g/mol. The topological polar surface area (TPSA) is 238 Å². The lowest BCUT2D eigenvalue weighted by Crippen LogP contribution is -2.67.